The van der Waals surface area contributed by atoms with Gasteiger partial charge in [0.15, 0.2) is 0 Å². The Labute approximate surface area is 279 Å². The monoisotopic (exact) mass is 722 g/mol. The van der Waals surface area contributed by atoms with Crippen molar-refractivity contribution in [3.63, 3.8) is 0 Å². The average molecular weight is 723 g/mol. The number of carbonyl (C=O) groups excluding carboxylic acids is 1. The van der Waals surface area contributed by atoms with Crippen molar-refractivity contribution in [3.05, 3.63) is 89.5 Å². The van der Waals surface area contributed by atoms with Gasteiger partial charge in [0.1, 0.15) is 23.8 Å². The van der Waals surface area contributed by atoms with Crippen molar-refractivity contribution >= 4 is 12.0 Å². The van der Waals surface area contributed by atoms with Crippen molar-refractivity contribution in [3.8, 4) is 17.2 Å². The second-order valence-corrected chi connectivity index (χ2v) is 11.7. The maximum Gasteiger partial charge on any atom is 0.573 e. The molecule has 0 bridgehead atoms. The van der Waals surface area contributed by atoms with Crippen LogP contribution in [-0.4, -0.2) is 49.2 Å². The number of nitrogens with one attached hydrogen (secondary N) is 2. The van der Waals surface area contributed by atoms with Gasteiger partial charge in [0, 0.05) is 6.42 Å². The van der Waals surface area contributed by atoms with Gasteiger partial charge in [0.25, 0.3) is 0 Å². The third-order valence-corrected chi connectivity index (χ3v) is 7.97. The lowest BCUT2D eigenvalue weighted by atomic mass is 9.77. The van der Waals surface area contributed by atoms with Crippen LogP contribution in [0.5, 0.6) is 17.2 Å². The second-order valence-electron chi connectivity index (χ2n) is 11.7. The van der Waals surface area contributed by atoms with E-state index < -0.39 is 66.8 Å². The van der Waals surface area contributed by atoms with Crippen LogP contribution in [0.4, 0.5) is 44.3 Å². The molecule has 17 heteroatoms. The fourth-order valence-corrected chi connectivity index (χ4v) is 5.70. The van der Waals surface area contributed by atoms with Crippen molar-refractivity contribution in [2.45, 2.75) is 56.5 Å². The van der Waals surface area contributed by atoms with Crippen LogP contribution in [0.2, 0.25) is 0 Å². The summed E-state index contributed by atoms with van der Waals surface area (Å²) in [5.41, 5.74) is -2.16. The van der Waals surface area contributed by atoms with Gasteiger partial charge >= 0.3 is 30.9 Å². The zero-order valence-electron chi connectivity index (χ0n) is 25.9. The molecule has 0 heterocycles. The summed E-state index contributed by atoms with van der Waals surface area (Å²) in [6.07, 6.45) is -13.3. The lowest BCUT2D eigenvalue weighted by Crippen LogP contribution is -2.53. The second kappa shape index (κ2) is 15.4. The summed E-state index contributed by atoms with van der Waals surface area (Å²) in [5.74, 6) is -2.31. The molecule has 2 amide bonds. The number of aliphatic carboxylic acids is 1. The predicted molar refractivity (Wildman–Crippen MR) is 158 cm³/mol. The van der Waals surface area contributed by atoms with Gasteiger partial charge in [-0.25, -0.2) is 4.79 Å². The van der Waals surface area contributed by atoms with Crippen LogP contribution >= 0.6 is 0 Å². The van der Waals surface area contributed by atoms with Crippen LogP contribution in [0.1, 0.15) is 42.4 Å². The number of amides is 2. The SMILES string of the molecule is O=C(NCC(F)(F)F)NC(Cc1ccc(OCC2CCC(C(=O)O)CC2)cc1)(c1cccc(OC(F)(F)F)c1)c1cccc(OC(F)(F)F)c1. The van der Waals surface area contributed by atoms with Crippen molar-refractivity contribution in [2.24, 2.45) is 11.8 Å². The van der Waals surface area contributed by atoms with Crippen LogP contribution in [-0.2, 0) is 16.8 Å². The summed E-state index contributed by atoms with van der Waals surface area (Å²) in [5, 5.41) is 13.2. The highest BCUT2D eigenvalue weighted by Gasteiger charge is 2.40. The highest BCUT2D eigenvalue weighted by atomic mass is 19.4. The van der Waals surface area contributed by atoms with Gasteiger partial charge in [0.05, 0.1) is 18.1 Å². The van der Waals surface area contributed by atoms with E-state index in [9.17, 15) is 54.2 Å². The maximum atomic E-state index is 13.2. The molecule has 272 valence electrons. The third kappa shape index (κ3) is 11.4. The number of rotatable bonds is 12. The molecule has 0 aromatic heterocycles. The number of alkyl halides is 9. The van der Waals surface area contributed by atoms with E-state index in [0.29, 0.717) is 37.0 Å². The quantitative estimate of drug-likeness (QED) is 0.163. The molecule has 3 aromatic rings. The Morgan fingerprint density at radius 3 is 1.70 bits per heavy atom. The summed E-state index contributed by atoms with van der Waals surface area (Å²) in [4.78, 5) is 24.2. The molecule has 0 aliphatic heterocycles. The minimum atomic E-state index is -5.16. The average Bonchev–Trinajstić information content (AvgIpc) is 3.01. The number of ether oxygens (including phenoxy) is 3. The van der Waals surface area contributed by atoms with E-state index in [1.54, 1.807) is 5.32 Å². The minimum Gasteiger partial charge on any atom is -0.493 e. The molecular formula is C33H31F9N2O6. The Bertz CT molecular complexity index is 1540. The van der Waals surface area contributed by atoms with E-state index in [0.717, 1.165) is 36.4 Å². The topological polar surface area (TPSA) is 106 Å². The summed E-state index contributed by atoms with van der Waals surface area (Å²) < 4.78 is 132. The Hall–Kier alpha value is -4.83. The lowest BCUT2D eigenvalue weighted by molar-refractivity contribution is -0.275. The molecular weight excluding hydrogens is 691 g/mol. The number of hydrogen-bond acceptors (Lipinski definition) is 5. The van der Waals surface area contributed by atoms with E-state index in [2.05, 4.69) is 14.8 Å². The van der Waals surface area contributed by atoms with Crippen LogP contribution in [0.15, 0.2) is 72.8 Å². The molecule has 3 N–H and O–H groups in total. The van der Waals surface area contributed by atoms with E-state index in [1.807, 2.05) is 0 Å². The maximum absolute atomic E-state index is 13.2. The van der Waals surface area contributed by atoms with Crippen molar-refractivity contribution in [1.29, 1.82) is 0 Å². The fourth-order valence-electron chi connectivity index (χ4n) is 5.70. The molecule has 0 saturated heterocycles. The molecule has 1 saturated carbocycles. The number of carboxylic acids is 1. The first-order valence-electron chi connectivity index (χ1n) is 15.1. The Morgan fingerprint density at radius 2 is 1.24 bits per heavy atom. The van der Waals surface area contributed by atoms with Crippen LogP contribution in [0, 0.1) is 11.8 Å². The Morgan fingerprint density at radius 1 is 0.720 bits per heavy atom. The zero-order valence-corrected chi connectivity index (χ0v) is 25.9. The highest BCUT2D eigenvalue weighted by molar-refractivity contribution is 5.76. The summed E-state index contributed by atoms with van der Waals surface area (Å²) in [6, 6.07) is 12.8. The standard InChI is InChI=1S/C33H31F9N2O6/c34-31(35,36)19-43-29(47)44-30(23-3-1-5-26(15-23)49-32(37,38)39,24-4-2-6-27(16-24)50-33(40,41)42)17-20-9-13-25(14-10-20)48-18-21-7-11-22(12-8-21)28(45)46/h1-6,9-10,13-16,21-22H,7-8,11-12,17-19H2,(H,45,46)(H2,43,44,47). The summed E-state index contributed by atoms with van der Waals surface area (Å²) in [6.45, 7) is -1.51. The first kappa shape index (κ1) is 38.0. The number of urea groups is 1. The van der Waals surface area contributed by atoms with E-state index in [-0.39, 0.29) is 23.7 Å². The lowest BCUT2D eigenvalue weighted by Gasteiger charge is -2.37. The zero-order chi connectivity index (χ0) is 36.7. The minimum absolute atomic E-state index is 0.106. The molecule has 1 aliphatic rings. The van der Waals surface area contributed by atoms with E-state index in [1.165, 1.54) is 36.4 Å². The molecule has 0 atom stereocenters. The van der Waals surface area contributed by atoms with E-state index >= 15 is 0 Å². The van der Waals surface area contributed by atoms with Crippen molar-refractivity contribution in [2.75, 3.05) is 13.2 Å². The van der Waals surface area contributed by atoms with Gasteiger partial charge in [-0.15, -0.1) is 26.3 Å². The summed E-state index contributed by atoms with van der Waals surface area (Å²) >= 11 is 0. The molecule has 1 fully saturated rings. The molecule has 50 heavy (non-hydrogen) atoms. The highest BCUT2D eigenvalue weighted by Crippen LogP contribution is 2.39. The van der Waals surface area contributed by atoms with Crippen molar-refractivity contribution < 1.29 is 68.4 Å². The van der Waals surface area contributed by atoms with Gasteiger partial charge in [-0.2, -0.15) is 13.2 Å². The molecule has 8 nitrogen and oxygen atoms in total. The Balaban J connectivity index is 1.72. The number of halogens is 9. The fraction of sp³-hybridized carbons (Fsp3) is 0.394. The number of benzene rings is 3. The smallest absolute Gasteiger partial charge is 0.493 e. The first-order chi connectivity index (χ1) is 23.3. The third-order valence-electron chi connectivity index (χ3n) is 7.97. The predicted octanol–water partition coefficient (Wildman–Crippen LogP) is 8.10. The Kier molecular flexibility index (Phi) is 11.7. The number of hydrogen-bond donors (Lipinski definition) is 3. The molecule has 1 aliphatic carbocycles. The molecule has 4 rings (SSSR count). The van der Waals surface area contributed by atoms with Gasteiger partial charge in [-0.05, 0) is 84.7 Å². The molecule has 0 spiro atoms. The van der Waals surface area contributed by atoms with Crippen LogP contribution in [0.3, 0.4) is 0 Å². The molecule has 3 aromatic carbocycles. The number of carbonyl (C=O) groups is 2. The van der Waals surface area contributed by atoms with Gasteiger partial charge in [-0.1, -0.05) is 36.4 Å². The largest absolute Gasteiger partial charge is 0.573 e. The van der Waals surface area contributed by atoms with Gasteiger partial charge < -0.3 is 30.0 Å². The molecule has 0 unspecified atom stereocenters. The van der Waals surface area contributed by atoms with Crippen LogP contribution < -0.4 is 24.8 Å². The number of carboxylic acid groups (broad SMARTS) is 1. The molecule has 0 radical (unpaired) electrons. The van der Waals surface area contributed by atoms with E-state index in [4.69, 9.17) is 4.74 Å². The van der Waals surface area contributed by atoms with Gasteiger partial charge in [0.2, 0.25) is 0 Å². The first-order valence-corrected chi connectivity index (χ1v) is 15.1. The van der Waals surface area contributed by atoms with Crippen molar-refractivity contribution in [1.82, 2.24) is 10.6 Å². The summed E-state index contributed by atoms with van der Waals surface area (Å²) in [7, 11) is 0. The van der Waals surface area contributed by atoms with Crippen LogP contribution in [0.25, 0.3) is 0 Å². The normalized spacial score (nSPS) is 17.1. The van der Waals surface area contributed by atoms with Gasteiger partial charge in [-0.3, -0.25) is 4.79 Å².